The number of rotatable bonds is 2. The van der Waals surface area contributed by atoms with Crippen LogP contribution in [0.2, 0.25) is 0 Å². The molecule has 17 heavy (non-hydrogen) atoms. The van der Waals surface area contributed by atoms with Crippen molar-refractivity contribution >= 4 is 22.4 Å². The van der Waals surface area contributed by atoms with E-state index in [2.05, 4.69) is 33.7 Å². The van der Waals surface area contributed by atoms with Gasteiger partial charge in [0.2, 0.25) is 0 Å². The number of benzene rings is 1. The van der Waals surface area contributed by atoms with Gasteiger partial charge < -0.3 is 11.1 Å². The van der Waals surface area contributed by atoms with Crippen LogP contribution in [0, 0.1) is 0 Å². The molecule has 4 heteroatoms. The maximum Gasteiger partial charge on any atom is 0.160 e. The van der Waals surface area contributed by atoms with E-state index in [-0.39, 0.29) is 0 Å². The van der Waals surface area contributed by atoms with E-state index in [0.717, 1.165) is 40.9 Å². The molecule has 0 radical (unpaired) electrons. The van der Waals surface area contributed by atoms with Gasteiger partial charge in [0.05, 0.1) is 5.52 Å². The molecule has 1 aliphatic carbocycles. The minimum atomic E-state index is 0.745. The number of H-pyrrole nitrogens is 1. The Bertz CT molecular complexity index is 607. The number of nitrogens with one attached hydrogen (secondary N) is 2. The zero-order chi connectivity index (χ0) is 11.7. The van der Waals surface area contributed by atoms with Crippen molar-refractivity contribution < 1.29 is 0 Å². The van der Waals surface area contributed by atoms with Gasteiger partial charge in [-0.25, -0.2) is 0 Å². The largest absolute Gasteiger partial charge is 0.399 e. The fourth-order valence-electron chi connectivity index (χ4n) is 1.97. The predicted octanol–water partition coefficient (Wildman–Crippen LogP) is 2.79. The van der Waals surface area contributed by atoms with Crippen molar-refractivity contribution in [2.24, 2.45) is 0 Å². The van der Waals surface area contributed by atoms with Crippen LogP contribution in [0.1, 0.15) is 12.8 Å². The Morgan fingerprint density at radius 2 is 2.24 bits per heavy atom. The first-order valence-electron chi connectivity index (χ1n) is 5.70. The van der Waals surface area contributed by atoms with Gasteiger partial charge in [0.1, 0.15) is 0 Å². The topological polar surface area (TPSA) is 66.7 Å². The summed E-state index contributed by atoms with van der Waals surface area (Å²) in [5.74, 6) is 0.824. The molecule has 4 nitrogen and oxygen atoms in total. The van der Waals surface area contributed by atoms with Crippen LogP contribution >= 0.6 is 0 Å². The molecule has 0 saturated carbocycles. The van der Waals surface area contributed by atoms with Crippen LogP contribution in [0.3, 0.4) is 0 Å². The van der Waals surface area contributed by atoms with Crippen molar-refractivity contribution in [2.45, 2.75) is 12.8 Å². The zero-order valence-corrected chi connectivity index (χ0v) is 9.40. The molecule has 0 saturated heterocycles. The Morgan fingerprint density at radius 1 is 1.29 bits per heavy atom. The van der Waals surface area contributed by atoms with Gasteiger partial charge in [-0.3, -0.25) is 5.10 Å². The van der Waals surface area contributed by atoms with Gasteiger partial charge in [-0.05, 0) is 37.1 Å². The van der Waals surface area contributed by atoms with E-state index >= 15 is 0 Å². The van der Waals surface area contributed by atoms with Crippen molar-refractivity contribution in [3.63, 3.8) is 0 Å². The molecule has 4 N–H and O–H groups in total. The van der Waals surface area contributed by atoms with Crippen LogP contribution < -0.4 is 11.1 Å². The Labute approximate surface area is 99.2 Å². The number of nitrogens with two attached hydrogens (primary N) is 1. The molecule has 1 aliphatic rings. The Kier molecular flexibility index (Phi) is 2.33. The smallest absolute Gasteiger partial charge is 0.160 e. The van der Waals surface area contributed by atoms with Crippen LogP contribution in [0.5, 0.6) is 0 Å². The highest BCUT2D eigenvalue weighted by molar-refractivity contribution is 5.92. The molecule has 0 atom stereocenters. The second-order valence-corrected chi connectivity index (χ2v) is 4.14. The van der Waals surface area contributed by atoms with Gasteiger partial charge in [0.15, 0.2) is 5.82 Å². The number of anilines is 2. The van der Waals surface area contributed by atoms with Gasteiger partial charge in [-0.2, -0.15) is 5.10 Å². The molecule has 3 rings (SSSR count). The van der Waals surface area contributed by atoms with Crippen LogP contribution in [-0.4, -0.2) is 10.2 Å². The number of nitrogens with zero attached hydrogens (tertiary/aromatic N) is 1. The lowest BCUT2D eigenvalue weighted by Crippen LogP contribution is -1.99. The monoisotopic (exact) mass is 226 g/mol. The SMILES string of the molecule is Nc1ccc2[nH]nc(NC3=CCCC=C3)c2c1. The van der Waals surface area contributed by atoms with Gasteiger partial charge >= 0.3 is 0 Å². The summed E-state index contributed by atoms with van der Waals surface area (Å²) in [7, 11) is 0. The predicted molar refractivity (Wildman–Crippen MR) is 70.6 cm³/mol. The number of aromatic nitrogens is 2. The quantitative estimate of drug-likeness (QED) is 0.690. The number of nitrogen functional groups attached to an aromatic ring is 1. The highest BCUT2D eigenvalue weighted by atomic mass is 15.2. The van der Waals surface area contributed by atoms with Crippen molar-refractivity contribution in [1.82, 2.24) is 10.2 Å². The lowest BCUT2D eigenvalue weighted by molar-refractivity contribution is 1.01. The van der Waals surface area contributed by atoms with Gasteiger partial charge in [0.25, 0.3) is 0 Å². The zero-order valence-electron chi connectivity index (χ0n) is 9.40. The molecule has 0 amide bonds. The summed E-state index contributed by atoms with van der Waals surface area (Å²) in [6, 6.07) is 5.73. The maximum absolute atomic E-state index is 5.79. The van der Waals surface area contributed by atoms with Crippen molar-refractivity contribution in [3.05, 3.63) is 42.1 Å². The average Bonchev–Trinajstić information content (AvgIpc) is 2.73. The van der Waals surface area contributed by atoms with Crippen LogP contribution in [0.25, 0.3) is 10.9 Å². The molecular formula is C13H14N4. The second-order valence-electron chi connectivity index (χ2n) is 4.14. The van der Waals surface area contributed by atoms with E-state index in [9.17, 15) is 0 Å². The summed E-state index contributed by atoms with van der Waals surface area (Å²) in [6.45, 7) is 0. The average molecular weight is 226 g/mol. The normalized spacial score (nSPS) is 14.9. The third-order valence-corrected chi connectivity index (χ3v) is 2.84. The molecule has 0 unspecified atom stereocenters. The summed E-state index contributed by atoms with van der Waals surface area (Å²) in [4.78, 5) is 0. The minimum Gasteiger partial charge on any atom is -0.399 e. The highest BCUT2D eigenvalue weighted by Crippen LogP contribution is 2.24. The van der Waals surface area contributed by atoms with Gasteiger partial charge in [-0.15, -0.1) is 0 Å². The fraction of sp³-hybridized carbons (Fsp3) is 0.154. The third kappa shape index (κ3) is 1.89. The van der Waals surface area contributed by atoms with Crippen molar-refractivity contribution in [3.8, 4) is 0 Å². The molecule has 2 aromatic rings. The number of allylic oxidation sites excluding steroid dienone is 3. The Hall–Kier alpha value is -2.23. The molecule has 1 aromatic heterocycles. The van der Waals surface area contributed by atoms with Crippen molar-refractivity contribution in [1.29, 1.82) is 0 Å². The molecular weight excluding hydrogens is 212 g/mol. The number of aromatic amines is 1. The lowest BCUT2D eigenvalue weighted by Gasteiger charge is -2.08. The summed E-state index contributed by atoms with van der Waals surface area (Å²) >= 11 is 0. The van der Waals surface area contributed by atoms with Crippen molar-refractivity contribution in [2.75, 3.05) is 11.1 Å². The summed E-state index contributed by atoms with van der Waals surface area (Å²) in [5, 5.41) is 11.6. The van der Waals surface area contributed by atoms with E-state index in [0.29, 0.717) is 0 Å². The Balaban J connectivity index is 1.97. The summed E-state index contributed by atoms with van der Waals surface area (Å²) in [5.41, 5.74) is 8.61. The van der Waals surface area contributed by atoms with Gasteiger partial charge in [-0.1, -0.05) is 12.2 Å². The number of hydrogen-bond acceptors (Lipinski definition) is 3. The fourth-order valence-corrected chi connectivity index (χ4v) is 1.97. The van der Waals surface area contributed by atoms with E-state index in [1.165, 1.54) is 0 Å². The lowest BCUT2D eigenvalue weighted by atomic mass is 10.1. The molecule has 0 aliphatic heterocycles. The van der Waals surface area contributed by atoms with E-state index in [1.54, 1.807) is 0 Å². The minimum absolute atomic E-state index is 0.745. The maximum atomic E-state index is 5.79. The number of hydrogen-bond donors (Lipinski definition) is 3. The van der Waals surface area contributed by atoms with E-state index < -0.39 is 0 Å². The summed E-state index contributed by atoms with van der Waals surface area (Å²) in [6.07, 6.45) is 8.59. The van der Waals surface area contributed by atoms with Crippen LogP contribution in [0.15, 0.2) is 42.1 Å². The summed E-state index contributed by atoms with van der Waals surface area (Å²) < 4.78 is 0. The first kappa shape index (κ1) is 9.96. The van der Waals surface area contributed by atoms with E-state index in [1.807, 2.05) is 18.2 Å². The van der Waals surface area contributed by atoms with Crippen LogP contribution in [0.4, 0.5) is 11.5 Å². The Morgan fingerprint density at radius 3 is 3.06 bits per heavy atom. The molecule has 1 aromatic carbocycles. The molecule has 0 bridgehead atoms. The molecule has 86 valence electrons. The van der Waals surface area contributed by atoms with Gasteiger partial charge in [0, 0.05) is 16.8 Å². The van der Waals surface area contributed by atoms with E-state index in [4.69, 9.17) is 5.73 Å². The first-order valence-corrected chi connectivity index (χ1v) is 5.70. The van der Waals surface area contributed by atoms with Crippen LogP contribution in [-0.2, 0) is 0 Å². The molecule has 0 spiro atoms. The molecule has 1 heterocycles. The number of fused-ring (bicyclic) bond motifs is 1. The third-order valence-electron chi connectivity index (χ3n) is 2.84. The highest BCUT2D eigenvalue weighted by Gasteiger charge is 2.07. The first-order chi connectivity index (χ1) is 8.33. The second kappa shape index (κ2) is 3.97. The standard InChI is InChI=1S/C13H14N4/c14-9-6-7-12-11(8-9)13(17-16-12)15-10-4-2-1-3-5-10/h2,4-8H,1,3,14H2,(H2,15,16,17). The molecule has 0 fully saturated rings.